The normalized spacial score (nSPS) is 19.4. The van der Waals surface area contributed by atoms with Gasteiger partial charge in [0.1, 0.15) is 11.3 Å². The van der Waals surface area contributed by atoms with Gasteiger partial charge in [-0.25, -0.2) is 13.8 Å². The number of halogens is 4. The lowest BCUT2D eigenvalue weighted by Crippen LogP contribution is -2.39. The average Bonchev–Trinajstić information content (AvgIpc) is 3.05. The first-order chi connectivity index (χ1) is 15.9. The number of carbonyl (C=O) groups is 1. The van der Waals surface area contributed by atoms with Gasteiger partial charge in [0.25, 0.3) is 11.8 Å². The van der Waals surface area contributed by atoms with Crippen molar-refractivity contribution in [3.05, 3.63) is 34.8 Å². The second-order valence-corrected chi connectivity index (χ2v) is 9.42. The number of methoxy groups -OCH3 is 1. The van der Waals surface area contributed by atoms with Gasteiger partial charge in [0.2, 0.25) is 5.92 Å². The Hall–Kier alpha value is -2.16. The van der Waals surface area contributed by atoms with Gasteiger partial charge in [-0.3, -0.25) is 4.79 Å². The Bertz CT molecular complexity index is 1080. The zero-order valence-electron chi connectivity index (χ0n) is 21.7. The van der Waals surface area contributed by atoms with Crippen molar-refractivity contribution in [1.82, 2.24) is 14.7 Å². The summed E-state index contributed by atoms with van der Waals surface area (Å²) in [6, 6.07) is 2.91. The number of aromatic nitrogens is 2. The molecule has 0 aromatic carbocycles. The van der Waals surface area contributed by atoms with Gasteiger partial charge in [-0.05, 0) is 58.1 Å². The van der Waals surface area contributed by atoms with Crippen LogP contribution in [0.25, 0.3) is 5.65 Å². The molecule has 0 spiro atoms. The van der Waals surface area contributed by atoms with Crippen molar-refractivity contribution in [1.29, 1.82) is 0 Å². The van der Waals surface area contributed by atoms with Crippen LogP contribution in [0.15, 0.2) is 12.1 Å². The molecule has 1 aliphatic rings. The fourth-order valence-corrected chi connectivity index (χ4v) is 4.11. The molecule has 1 amide bonds. The van der Waals surface area contributed by atoms with Gasteiger partial charge in [0.15, 0.2) is 0 Å². The molecule has 32 heavy (non-hydrogen) atoms. The first-order valence-electron chi connectivity index (χ1n) is 12.1. The Morgan fingerprint density at radius 1 is 1.31 bits per heavy atom. The molecule has 5 nitrogen and oxygen atoms in total. The van der Waals surface area contributed by atoms with E-state index in [1.54, 1.807) is 11.3 Å². The molecule has 1 N–H and O–H groups in total. The van der Waals surface area contributed by atoms with E-state index in [0.717, 1.165) is 6.92 Å². The Labute approximate surface area is 189 Å². The molecule has 2 aromatic heterocycles. The van der Waals surface area contributed by atoms with E-state index in [2.05, 4.69) is 10.3 Å². The number of nitrogens with one attached hydrogen (secondary N) is 1. The number of nitrogens with zero attached hydrogens (tertiary/aromatic N) is 2. The molecule has 2 heterocycles. The third-order valence-corrected chi connectivity index (χ3v) is 5.95. The minimum Gasteiger partial charge on any atom is -0.377 e. The lowest BCUT2D eigenvalue weighted by atomic mass is 9.83. The highest BCUT2D eigenvalue weighted by Gasteiger charge is 2.38. The number of imidazole rings is 1. The number of alkyl halides is 4. The topological polar surface area (TPSA) is 55.6 Å². The van der Waals surface area contributed by atoms with Crippen LogP contribution in [0.3, 0.4) is 0 Å². The van der Waals surface area contributed by atoms with E-state index >= 15 is 0 Å². The first kappa shape index (κ1) is 20.4. The number of hydrogen-bond acceptors (Lipinski definition) is 3. The summed E-state index contributed by atoms with van der Waals surface area (Å²) >= 11 is 0. The summed E-state index contributed by atoms with van der Waals surface area (Å²) in [6.07, 6.45) is 0.128. The molecule has 0 bridgehead atoms. The molecule has 0 saturated heterocycles. The van der Waals surface area contributed by atoms with Gasteiger partial charge < -0.3 is 14.5 Å². The summed E-state index contributed by atoms with van der Waals surface area (Å²) in [4.78, 5) is 16.9. The molecule has 0 unspecified atom stereocenters. The van der Waals surface area contributed by atoms with Gasteiger partial charge in [0.05, 0.1) is 15.4 Å². The van der Waals surface area contributed by atoms with Crippen LogP contribution in [-0.2, 0) is 17.1 Å². The van der Waals surface area contributed by atoms with E-state index in [0.29, 0.717) is 5.69 Å². The van der Waals surface area contributed by atoms with Gasteiger partial charge >= 0.3 is 0 Å². The molecule has 178 valence electrons. The standard InChI is InChI=1S/C23H31F4N3O2/c1-14-10-16(20(31)28-13-21(2,3)32-5)12-18-29-19(22(4,24)25)17(30(14)18)11-15-6-8-23(26,27)9-7-15/h10,12,15H,6-9,11,13H2,1-5H3,(H,28,31)/i5D3. The SMILES string of the molecule is [2H]C([2H])([2H])OC(C)(C)CNC(=O)c1cc(C)n2c(CC3CCC(F)(F)CC3)c(C(C)(F)F)nc2c1. The van der Waals surface area contributed by atoms with Crippen LogP contribution in [0.5, 0.6) is 0 Å². The third-order valence-electron chi connectivity index (χ3n) is 5.95. The quantitative estimate of drug-likeness (QED) is 0.572. The van der Waals surface area contributed by atoms with Crippen molar-refractivity contribution in [3.8, 4) is 0 Å². The maximum Gasteiger partial charge on any atom is 0.288 e. The van der Waals surface area contributed by atoms with E-state index in [1.807, 2.05) is 0 Å². The van der Waals surface area contributed by atoms with Gasteiger partial charge in [-0.1, -0.05) is 0 Å². The molecule has 0 aliphatic heterocycles. The predicted octanol–water partition coefficient (Wildman–Crippen LogP) is 5.28. The number of pyridine rings is 1. The summed E-state index contributed by atoms with van der Waals surface area (Å²) in [5.74, 6) is -6.68. The van der Waals surface area contributed by atoms with E-state index in [4.69, 9.17) is 8.85 Å². The van der Waals surface area contributed by atoms with Crippen molar-refractivity contribution in [3.63, 3.8) is 0 Å². The fraction of sp³-hybridized carbons (Fsp3) is 0.652. The number of amides is 1. The van der Waals surface area contributed by atoms with Crippen LogP contribution in [0.2, 0.25) is 0 Å². The number of aryl methyl sites for hydroxylation is 1. The average molecular weight is 461 g/mol. The van der Waals surface area contributed by atoms with Crippen LogP contribution in [0.4, 0.5) is 17.6 Å². The largest absolute Gasteiger partial charge is 0.377 e. The van der Waals surface area contributed by atoms with Gasteiger partial charge in [-0.2, -0.15) is 8.78 Å². The zero-order valence-corrected chi connectivity index (χ0v) is 18.7. The maximum atomic E-state index is 14.5. The molecule has 2 aromatic rings. The summed E-state index contributed by atoms with van der Waals surface area (Å²) in [5, 5.41) is 2.61. The van der Waals surface area contributed by atoms with Crippen LogP contribution >= 0.6 is 0 Å². The van der Waals surface area contributed by atoms with Crippen LogP contribution in [-0.4, -0.2) is 40.4 Å². The zero-order chi connectivity index (χ0) is 26.4. The van der Waals surface area contributed by atoms with Gasteiger partial charge in [0, 0.05) is 44.6 Å². The van der Waals surface area contributed by atoms with Crippen LogP contribution < -0.4 is 5.32 Å². The second kappa shape index (κ2) is 8.65. The lowest BCUT2D eigenvalue weighted by molar-refractivity contribution is -0.0460. The number of ether oxygens (including phenoxy) is 1. The Morgan fingerprint density at radius 2 is 1.97 bits per heavy atom. The summed E-state index contributed by atoms with van der Waals surface area (Å²) in [5.41, 5.74) is -0.526. The molecule has 0 radical (unpaired) electrons. The van der Waals surface area contributed by atoms with Crippen molar-refractivity contribution in [2.75, 3.05) is 13.6 Å². The summed E-state index contributed by atoms with van der Waals surface area (Å²) in [6.45, 7) is 5.34. The highest BCUT2D eigenvalue weighted by atomic mass is 19.3. The third kappa shape index (κ3) is 5.42. The number of carbonyl (C=O) groups excluding carboxylic acids is 1. The van der Waals surface area contributed by atoms with Crippen molar-refractivity contribution in [2.45, 2.75) is 77.2 Å². The van der Waals surface area contributed by atoms with E-state index in [-0.39, 0.29) is 61.5 Å². The Kier molecular flexibility index (Phi) is 5.53. The van der Waals surface area contributed by atoms with Crippen LogP contribution in [0.1, 0.15) is 78.0 Å². The molecule has 3 rings (SSSR count). The predicted molar refractivity (Wildman–Crippen MR) is 114 cm³/mol. The van der Waals surface area contributed by atoms with Crippen LogP contribution in [0, 0.1) is 12.8 Å². The summed E-state index contributed by atoms with van der Waals surface area (Å²) in [7, 11) is -2.63. The van der Waals surface area contributed by atoms with E-state index < -0.39 is 36.1 Å². The minimum absolute atomic E-state index is 0.0985. The minimum atomic E-state index is -3.26. The number of fused-ring (bicyclic) bond motifs is 1. The smallest absolute Gasteiger partial charge is 0.288 e. The van der Waals surface area contributed by atoms with E-state index in [9.17, 15) is 22.4 Å². The monoisotopic (exact) mass is 460 g/mol. The molecule has 0 atom stereocenters. The second-order valence-electron chi connectivity index (χ2n) is 9.42. The number of hydrogen-bond donors (Lipinski definition) is 1. The molecular weight excluding hydrogens is 426 g/mol. The Balaban J connectivity index is 1.88. The summed E-state index contributed by atoms with van der Waals surface area (Å²) < 4.78 is 84.3. The maximum absolute atomic E-state index is 14.5. The highest BCUT2D eigenvalue weighted by Crippen LogP contribution is 2.39. The molecule has 9 heteroatoms. The van der Waals surface area contributed by atoms with Crippen molar-refractivity contribution < 1.29 is 31.2 Å². The molecule has 1 saturated carbocycles. The van der Waals surface area contributed by atoms with Gasteiger partial charge in [-0.15, -0.1) is 0 Å². The Morgan fingerprint density at radius 3 is 2.56 bits per heavy atom. The van der Waals surface area contributed by atoms with E-state index in [1.165, 1.54) is 26.0 Å². The molecular formula is C23H31F4N3O2. The molecule has 1 aliphatic carbocycles. The lowest BCUT2D eigenvalue weighted by Gasteiger charge is -2.28. The first-order valence-corrected chi connectivity index (χ1v) is 10.6. The van der Waals surface area contributed by atoms with Crippen molar-refractivity contribution >= 4 is 11.6 Å². The number of rotatable bonds is 7. The van der Waals surface area contributed by atoms with Crippen molar-refractivity contribution in [2.24, 2.45) is 5.92 Å². The fourth-order valence-electron chi connectivity index (χ4n) is 4.11. The molecule has 1 fully saturated rings. The highest BCUT2D eigenvalue weighted by molar-refractivity contribution is 5.95.